The molecule has 0 bridgehead atoms. The summed E-state index contributed by atoms with van der Waals surface area (Å²) in [6, 6.07) is 0. The van der Waals surface area contributed by atoms with Gasteiger partial charge >= 0.3 is 0 Å². The minimum Gasteiger partial charge on any atom is -0.319 e. The van der Waals surface area contributed by atoms with Gasteiger partial charge in [-0.1, -0.05) is 6.42 Å². The highest BCUT2D eigenvalue weighted by Crippen LogP contribution is 2.24. The quantitative estimate of drug-likeness (QED) is 0.547. The Morgan fingerprint density at radius 3 is 3.14 bits per heavy atom. The van der Waals surface area contributed by atoms with Crippen molar-refractivity contribution in [2.24, 2.45) is 5.92 Å². The second-order valence-electron chi connectivity index (χ2n) is 2.21. The van der Waals surface area contributed by atoms with Gasteiger partial charge in [0.1, 0.15) is 0 Å². The van der Waals surface area contributed by atoms with E-state index in [1.54, 1.807) is 0 Å². The van der Waals surface area contributed by atoms with Crippen molar-refractivity contribution in [1.82, 2.24) is 5.32 Å². The Bertz CT molecular complexity index is 81.1. The van der Waals surface area contributed by atoms with Crippen molar-refractivity contribution in [3.05, 3.63) is 0 Å². The largest absolute Gasteiger partial charge is 0.319 e. The lowest BCUT2D eigenvalue weighted by Gasteiger charge is -2.24. The standard InChI is InChI=1S/C6H13N/c1-7-5-6-3-2-4-6/h6-7H,2-5H2,1H3/i1D2. The molecule has 1 rings (SSSR count). The van der Waals surface area contributed by atoms with Crippen LogP contribution in [0.3, 0.4) is 0 Å². The van der Waals surface area contributed by atoms with Crippen LogP contribution in [-0.4, -0.2) is 13.5 Å². The molecule has 0 unspecified atom stereocenters. The topological polar surface area (TPSA) is 12.0 Å². The highest BCUT2D eigenvalue weighted by Gasteiger charge is 2.14. The van der Waals surface area contributed by atoms with Gasteiger partial charge in [-0.25, -0.2) is 0 Å². The van der Waals surface area contributed by atoms with E-state index in [1.807, 2.05) is 0 Å². The first kappa shape index (κ1) is 3.08. The zero-order valence-corrected chi connectivity index (χ0v) is 4.48. The molecule has 42 valence electrons. The summed E-state index contributed by atoms with van der Waals surface area (Å²) in [5.41, 5.74) is 0. The van der Waals surface area contributed by atoms with Gasteiger partial charge in [-0.15, -0.1) is 0 Å². The van der Waals surface area contributed by atoms with Gasteiger partial charge in [0.05, 0.1) is 0 Å². The van der Waals surface area contributed by atoms with Gasteiger partial charge in [-0.3, -0.25) is 0 Å². The lowest BCUT2D eigenvalue weighted by atomic mass is 9.86. The van der Waals surface area contributed by atoms with E-state index in [0.29, 0.717) is 0 Å². The molecule has 0 spiro atoms. The van der Waals surface area contributed by atoms with Gasteiger partial charge in [0.15, 0.2) is 0 Å². The van der Waals surface area contributed by atoms with Crippen LogP contribution in [-0.2, 0) is 0 Å². The van der Waals surface area contributed by atoms with Crippen LogP contribution >= 0.6 is 0 Å². The number of hydrogen-bond donors (Lipinski definition) is 1. The molecule has 0 amide bonds. The molecule has 0 saturated heterocycles. The molecule has 1 aliphatic rings. The van der Waals surface area contributed by atoms with E-state index in [9.17, 15) is 0 Å². The molecule has 0 aromatic rings. The Morgan fingerprint density at radius 1 is 1.86 bits per heavy atom. The second-order valence-corrected chi connectivity index (χ2v) is 2.21. The summed E-state index contributed by atoms with van der Waals surface area (Å²) in [6.07, 6.45) is 3.92. The summed E-state index contributed by atoms with van der Waals surface area (Å²) in [5.74, 6) is 0.767. The average molecular weight is 101 g/mol. The van der Waals surface area contributed by atoms with E-state index in [4.69, 9.17) is 2.74 Å². The van der Waals surface area contributed by atoms with Crippen LogP contribution in [0.4, 0.5) is 0 Å². The van der Waals surface area contributed by atoms with Crippen LogP contribution < -0.4 is 5.32 Å². The first-order chi connectivity index (χ1) is 4.29. The Balaban J connectivity index is 1.91. The molecule has 0 atom stereocenters. The van der Waals surface area contributed by atoms with Gasteiger partial charge in [0, 0.05) is 2.74 Å². The molecular formula is C6H13N. The highest BCUT2D eigenvalue weighted by atomic mass is 14.8. The molecule has 1 saturated carbocycles. The van der Waals surface area contributed by atoms with Crippen LogP contribution in [0, 0.1) is 5.92 Å². The zero-order valence-electron chi connectivity index (χ0n) is 6.48. The third-order valence-electron chi connectivity index (χ3n) is 1.63. The fourth-order valence-electron chi connectivity index (χ4n) is 0.864. The van der Waals surface area contributed by atoms with Crippen LogP contribution in [0.5, 0.6) is 0 Å². The third kappa shape index (κ3) is 1.16. The van der Waals surface area contributed by atoms with Crippen molar-refractivity contribution >= 4 is 0 Å². The Labute approximate surface area is 47.9 Å². The van der Waals surface area contributed by atoms with E-state index in [0.717, 1.165) is 12.5 Å². The SMILES string of the molecule is [2H]C([2H])NCC1CCC1. The van der Waals surface area contributed by atoms with Crippen LogP contribution in [0.15, 0.2) is 0 Å². The van der Waals surface area contributed by atoms with Gasteiger partial charge in [0.25, 0.3) is 0 Å². The van der Waals surface area contributed by atoms with E-state index >= 15 is 0 Å². The number of rotatable bonds is 2. The summed E-state index contributed by atoms with van der Waals surface area (Å²) in [4.78, 5) is 0. The lowest BCUT2D eigenvalue weighted by molar-refractivity contribution is 0.309. The summed E-state index contributed by atoms with van der Waals surface area (Å²) in [6.45, 7) is 0.0445. The molecule has 0 heterocycles. The average Bonchev–Trinajstić information content (AvgIpc) is 1.60. The molecule has 1 aliphatic carbocycles. The second kappa shape index (κ2) is 2.31. The van der Waals surface area contributed by atoms with Gasteiger partial charge in [-0.05, 0) is 32.3 Å². The van der Waals surface area contributed by atoms with E-state index in [2.05, 4.69) is 5.32 Å². The molecular weight excluding hydrogens is 86.1 g/mol. The van der Waals surface area contributed by atoms with Crippen LogP contribution in [0.25, 0.3) is 0 Å². The lowest BCUT2D eigenvalue weighted by Crippen LogP contribution is -2.24. The van der Waals surface area contributed by atoms with Gasteiger partial charge in [-0.2, -0.15) is 0 Å². The molecule has 0 aromatic heterocycles. The van der Waals surface area contributed by atoms with Crippen LogP contribution in [0.1, 0.15) is 22.0 Å². The molecule has 0 radical (unpaired) electrons. The van der Waals surface area contributed by atoms with Crippen molar-refractivity contribution in [2.45, 2.75) is 19.3 Å². The Kier molecular flexibility index (Phi) is 1.02. The summed E-state index contributed by atoms with van der Waals surface area (Å²) in [5, 5.41) is 2.78. The predicted octanol–water partition coefficient (Wildman–Crippen LogP) is 1.01. The minimum atomic E-state index is -0.828. The normalized spacial score (nSPS) is 26.4. The number of hydrogen-bond acceptors (Lipinski definition) is 1. The first-order valence-corrected chi connectivity index (χ1v) is 2.87. The van der Waals surface area contributed by atoms with Crippen molar-refractivity contribution in [3.8, 4) is 0 Å². The Morgan fingerprint density at radius 2 is 2.71 bits per heavy atom. The zero-order chi connectivity index (χ0) is 6.69. The predicted molar refractivity (Wildman–Crippen MR) is 31.3 cm³/mol. The fourth-order valence-corrected chi connectivity index (χ4v) is 0.864. The van der Waals surface area contributed by atoms with Crippen molar-refractivity contribution in [2.75, 3.05) is 13.5 Å². The van der Waals surface area contributed by atoms with Gasteiger partial charge in [0.2, 0.25) is 0 Å². The van der Waals surface area contributed by atoms with Gasteiger partial charge < -0.3 is 5.32 Å². The molecule has 1 fully saturated rings. The van der Waals surface area contributed by atoms with Crippen molar-refractivity contribution in [3.63, 3.8) is 0 Å². The molecule has 1 nitrogen and oxygen atoms in total. The van der Waals surface area contributed by atoms with Crippen molar-refractivity contribution < 1.29 is 2.74 Å². The van der Waals surface area contributed by atoms with E-state index in [-0.39, 0.29) is 0 Å². The maximum absolute atomic E-state index is 6.83. The monoisotopic (exact) mass is 101 g/mol. The fraction of sp³-hybridized carbons (Fsp3) is 1.00. The molecule has 7 heavy (non-hydrogen) atoms. The summed E-state index contributed by atoms with van der Waals surface area (Å²) < 4.78 is 13.7. The smallest absolute Gasteiger partial charge is 0.0391 e. The molecule has 1 heteroatoms. The third-order valence-corrected chi connectivity index (χ3v) is 1.63. The maximum atomic E-state index is 6.83. The molecule has 1 N–H and O–H groups in total. The number of nitrogens with one attached hydrogen (secondary N) is 1. The van der Waals surface area contributed by atoms with Crippen LogP contribution in [0.2, 0.25) is 0 Å². The molecule has 0 aliphatic heterocycles. The highest BCUT2D eigenvalue weighted by molar-refractivity contribution is 4.70. The minimum absolute atomic E-state index is 0.767. The maximum Gasteiger partial charge on any atom is 0.0391 e. The Hall–Kier alpha value is -0.0400. The van der Waals surface area contributed by atoms with Crippen molar-refractivity contribution in [1.29, 1.82) is 0 Å². The first-order valence-electron chi connectivity index (χ1n) is 4.02. The molecule has 0 aromatic carbocycles. The summed E-state index contributed by atoms with van der Waals surface area (Å²) >= 11 is 0. The summed E-state index contributed by atoms with van der Waals surface area (Å²) in [7, 11) is 0. The van der Waals surface area contributed by atoms with E-state index < -0.39 is 7.00 Å². The van der Waals surface area contributed by atoms with E-state index in [1.165, 1.54) is 19.3 Å².